The maximum Gasteiger partial charge on any atom is 0.107 e. The summed E-state index contributed by atoms with van der Waals surface area (Å²) in [5, 5.41) is 0. The summed E-state index contributed by atoms with van der Waals surface area (Å²) in [5.41, 5.74) is 0. The predicted octanol–water partition coefficient (Wildman–Crippen LogP) is 3.77. The fourth-order valence-electron chi connectivity index (χ4n) is 0.902. The zero-order chi connectivity index (χ0) is 7.82. The highest BCUT2D eigenvalue weighted by atomic mass is 35.5. The van der Waals surface area contributed by atoms with Crippen molar-refractivity contribution < 1.29 is 0 Å². The van der Waals surface area contributed by atoms with Crippen LogP contribution in [0.15, 0.2) is 0 Å². The third-order valence-electron chi connectivity index (χ3n) is 1.53. The monoisotopic (exact) mass is 209 g/mol. The van der Waals surface area contributed by atoms with Crippen molar-refractivity contribution >= 4 is 40.6 Å². The minimum atomic E-state index is -0.151. The van der Waals surface area contributed by atoms with Crippen LogP contribution in [0.1, 0.15) is 45.4 Å². The molecular weight excluding hydrogens is 194 g/mol. The first-order chi connectivity index (χ1) is 4.77. The quantitative estimate of drug-likeness (QED) is 0.355. The summed E-state index contributed by atoms with van der Waals surface area (Å²) >= 11 is 11.1. The Morgan fingerprint density at radius 3 is 2.00 bits per heavy atom. The van der Waals surface area contributed by atoms with Gasteiger partial charge in [-0.3, -0.25) is 0 Å². The van der Waals surface area contributed by atoms with Gasteiger partial charge in [-0.05, 0) is 6.42 Å². The van der Waals surface area contributed by atoms with Crippen LogP contribution < -0.4 is 0 Å². The Balaban J connectivity index is 0. The second-order valence-corrected chi connectivity index (χ2v) is 3.87. The summed E-state index contributed by atoms with van der Waals surface area (Å²) in [4.78, 5) is -0.151. The SMILES string of the molecule is CCCCCCCC(Cl)Cl.[Al]. The Labute approximate surface area is 90.8 Å². The first-order valence-corrected chi connectivity index (χ1v) is 4.92. The van der Waals surface area contributed by atoms with E-state index in [0.717, 1.165) is 6.42 Å². The van der Waals surface area contributed by atoms with E-state index < -0.39 is 0 Å². The predicted molar refractivity (Wildman–Crippen MR) is 54.6 cm³/mol. The number of hydrogen-bond acceptors (Lipinski definition) is 0. The van der Waals surface area contributed by atoms with E-state index in [-0.39, 0.29) is 22.2 Å². The van der Waals surface area contributed by atoms with Gasteiger partial charge in [0.05, 0.1) is 0 Å². The van der Waals surface area contributed by atoms with Crippen LogP contribution in [0.25, 0.3) is 0 Å². The highest BCUT2D eigenvalue weighted by Crippen LogP contribution is 2.13. The molecule has 0 N–H and O–H groups in total. The lowest BCUT2D eigenvalue weighted by atomic mass is 10.1. The molecule has 0 aliphatic heterocycles. The normalized spacial score (nSPS) is 9.82. The molecule has 0 bridgehead atoms. The number of alkyl halides is 2. The Hall–Kier alpha value is 1.11. The highest BCUT2D eigenvalue weighted by Gasteiger charge is 1.96. The van der Waals surface area contributed by atoms with Crippen LogP contribution in [-0.2, 0) is 0 Å². The van der Waals surface area contributed by atoms with Crippen molar-refractivity contribution in [3.8, 4) is 0 Å². The van der Waals surface area contributed by atoms with Crippen molar-refractivity contribution in [2.45, 2.75) is 50.3 Å². The fourth-order valence-corrected chi connectivity index (χ4v) is 1.21. The topological polar surface area (TPSA) is 0 Å². The maximum atomic E-state index is 5.56. The molecule has 0 unspecified atom stereocenters. The molecule has 0 spiro atoms. The first-order valence-electron chi connectivity index (χ1n) is 4.05. The van der Waals surface area contributed by atoms with E-state index in [9.17, 15) is 0 Å². The van der Waals surface area contributed by atoms with Crippen LogP contribution in [0.5, 0.6) is 0 Å². The summed E-state index contributed by atoms with van der Waals surface area (Å²) in [6.07, 6.45) is 7.38. The standard InChI is InChI=1S/C8H16Cl2.Al/c1-2-3-4-5-6-7-8(9)10;/h8H,2-7H2,1H3;. The molecule has 0 aromatic carbocycles. The van der Waals surface area contributed by atoms with Gasteiger partial charge in [0.15, 0.2) is 0 Å². The summed E-state index contributed by atoms with van der Waals surface area (Å²) < 4.78 is 0. The van der Waals surface area contributed by atoms with E-state index in [1.807, 2.05) is 0 Å². The van der Waals surface area contributed by atoms with E-state index in [0.29, 0.717) is 0 Å². The number of hydrogen-bond donors (Lipinski definition) is 0. The van der Waals surface area contributed by atoms with E-state index in [4.69, 9.17) is 23.2 Å². The van der Waals surface area contributed by atoms with Crippen LogP contribution in [-0.4, -0.2) is 22.2 Å². The van der Waals surface area contributed by atoms with Gasteiger partial charge in [-0.2, -0.15) is 0 Å². The summed E-state index contributed by atoms with van der Waals surface area (Å²) in [5.74, 6) is 0. The molecule has 0 heterocycles. The first kappa shape index (κ1) is 14.6. The van der Waals surface area contributed by atoms with E-state index in [2.05, 4.69) is 6.92 Å². The van der Waals surface area contributed by atoms with Gasteiger partial charge in [-0.1, -0.05) is 39.0 Å². The third-order valence-corrected chi connectivity index (χ3v) is 1.96. The zero-order valence-electron chi connectivity index (χ0n) is 7.15. The summed E-state index contributed by atoms with van der Waals surface area (Å²) in [7, 11) is 0. The van der Waals surface area contributed by atoms with Crippen LogP contribution in [0.2, 0.25) is 0 Å². The van der Waals surface area contributed by atoms with Crippen molar-refractivity contribution in [2.24, 2.45) is 0 Å². The smallest absolute Gasteiger partial charge is 0.105 e. The summed E-state index contributed by atoms with van der Waals surface area (Å²) in [6.45, 7) is 2.21. The van der Waals surface area contributed by atoms with Gasteiger partial charge < -0.3 is 0 Å². The largest absolute Gasteiger partial charge is 0.107 e. The van der Waals surface area contributed by atoms with Crippen molar-refractivity contribution in [2.75, 3.05) is 0 Å². The molecule has 3 heteroatoms. The Bertz CT molecular complexity index is 67.1. The molecule has 11 heavy (non-hydrogen) atoms. The molecule has 0 saturated heterocycles. The molecule has 3 radical (unpaired) electrons. The average Bonchev–Trinajstić information content (AvgIpc) is 1.87. The van der Waals surface area contributed by atoms with Crippen molar-refractivity contribution in [3.05, 3.63) is 0 Å². The Morgan fingerprint density at radius 2 is 1.55 bits per heavy atom. The lowest BCUT2D eigenvalue weighted by molar-refractivity contribution is 0.620. The number of rotatable bonds is 6. The van der Waals surface area contributed by atoms with Crippen molar-refractivity contribution in [3.63, 3.8) is 0 Å². The molecule has 0 aromatic rings. The molecule has 0 fully saturated rings. The third kappa shape index (κ3) is 14.0. The number of halogens is 2. The molecule has 0 aliphatic rings. The average molecular weight is 210 g/mol. The highest BCUT2D eigenvalue weighted by molar-refractivity contribution is 6.44. The van der Waals surface area contributed by atoms with Gasteiger partial charge in [0.25, 0.3) is 0 Å². The minimum absolute atomic E-state index is 0. The molecular formula is C8H16AlCl2. The molecule has 0 amide bonds. The molecule has 0 atom stereocenters. The van der Waals surface area contributed by atoms with Gasteiger partial charge in [0.1, 0.15) is 4.84 Å². The van der Waals surface area contributed by atoms with Crippen molar-refractivity contribution in [1.29, 1.82) is 0 Å². The lowest BCUT2D eigenvalue weighted by Crippen LogP contribution is -1.86. The van der Waals surface area contributed by atoms with Crippen LogP contribution in [0, 0.1) is 0 Å². The molecule has 0 saturated carbocycles. The molecule has 0 aliphatic carbocycles. The summed E-state index contributed by atoms with van der Waals surface area (Å²) in [6, 6.07) is 0. The minimum Gasteiger partial charge on any atom is -0.105 e. The Morgan fingerprint density at radius 1 is 1.00 bits per heavy atom. The number of unbranched alkanes of at least 4 members (excludes halogenated alkanes) is 4. The molecule has 0 rings (SSSR count). The van der Waals surface area contributed by atoms with Gasteiger partial charge >= 0.3 is 0 Å². The Kier molecular flexibility index (Phi) is 14.8. The van der Waals surface area contributed by atoms with Crippen LogP contribution in [0.3, 0.4) is 0 Å². The van der Waals surface area contributed by atoms with Crippen molar-refractivity contribution in [1.82, 2.24) is 0 Å². The second-order valence-electron chi connectivity index (χ2n) is 2.59. The molecule has 0 aromatic heterocycles. The van der Waals surface area contributed by atoms with E-state index in [1.54, 1.807) is 0 Å². The van der Waals surface area contributed by atoms with Gasteiger partial charge in [-0.25, -0.2) is 0 Å². The lowest BCUT2D eigenvalue weighted by Gasteiger charge is -1.99. The van der Waals surface area contributed by atoms with Crippen LogP contribution >= 0.6 is 23.2 Å². The van der Waals surface area contributed by atoms with E-state index >= 15 is 0 Å². The van der Waals surface area contributed by atoms with Crippen LogP contribution in [0.4, 0.5) is 0 Å². The van der Waals surface area contributed by atoms with Gasteiger partial charge in [0, 0.05) is 17.4 Å². The van der Waals surface area contributed by atoms with E-state index in [1.165, 1.54) is 32.1 Å². The van der Waals surface area contributed by atoms with Gasteiger partial charge in [0.2, 0.25) is 0 Å². The zero-order valence-corrected chi connectivity index (χ0v) is 9.82. The van der Waals surface area contributed by atoms with Gasteiger partial charge in [-0.15, -0.1) is 23.2 Å². The fraction of sp³-hybridized carbons (Fsp3) is 1.00. The molecule has 65 valence electrons. The maximum absolute atomic E-state index is 5.56. The second kappa shape index (κ2) is 11.1. The molecule has 0 nitrogen and oxygen atoms in total.